The van der Waals surface area contributed by atoms with Crippen LogP contribution in [-0.4, -0.2) is 11.6 Å². The molecule has 2 aromatic heterocycles. The molecule has 0 aliphatic carbocycles. The fourth-order valence-corrected chi connectivity index (χ4v) is 2.84. The number of aromatic nitrogens is 1. The Hall–Kier alpha value is -1.07. The normalized spacial score (nSPS) is 10.2. The highest BCUT2D eigenvalue weighted by molar-refractivity contribution is 9.11. The van der Waals surface area contributed by atoms with E-state index in [1.54, 1.807) is 17.5 Å². The van der Waals surface area contributed by atoms with Crippen molar-refractivity contribution in [1.82, 2.24) is 4.98 Å². The molecule has 0 atom stereocenters. The number of anilines is 1. The summed E-state index contributed by atoms with van der Waals surface area (Å²) in [5, 5.41) is 3.28. The van der Waals surface area contributed by atoms with Crippen LogP contribution < -0.4 is 10.1 Å². The van der Waals surface area contributed by atoms with Gasteiger partial charge in [0.05, 0.1) is 16.9 Å². The van der Waals surface area contributed by atoms with E-state index >= 15 is 0 Å². The fraction of sp³-hybridized carbons (Fsp3) is 0.250. The summed E-state index contributed by atoms with van der Waals surface area (Å²) in [5.74, 6) is 1.59. The lowest BCUT2D eigenvalue weighted by atomic mass is 10.4. The summed E-state index contributed by atoms with van der Waals surface area (Å²) < 4.78 is 6.64. The van der Waals surface area contributed by atoms with Crippen molar-refractivity contribution in [3.05, 3.63) is 39.1 Å². The molecule has 17 heavy (non-hydrogen) atoms. The average Bonchev–Trinajstić information content (AvgIpc) is 2.74. The van der Waals surface area contributed by atoms with Crippen molar-refractivity contribution in [3.8, 4) is 5.75 Å². The Morgan fingerprint density at radius 2 is 2.29 bits per heavy atom. The summed E-state index contributed by atoms with van der Waals surface area (Å²) in [6.07, 6.45) is 1.76. The zero-order valence-electron chi connectivity index (χ0n) is 9.44. The molecule has 0 spiro atoms. The highest BCUT2D eigenvalue weighted by Gasteiger charge is 2.04. The van der Waals surface area contributed by atoms with E-state index in [2.05, 4.69) is 32.3 Å². The molecule has 1 N–H and O–H groups in total. The van der Waals surface area contributed by atoms with Gasteiger partial charge >= 0.3 is 0 Å². The van der Waals surface area contributed by atoms with Crippen LogP contribution in [0.5, 0.6) is 5.75 Å². The summed E-state index contributed by atoms with van der Waals surface area (Å²) in [5.41, 5.74) is 0. The first-order chi connectivity index (χ1) is 8.29. The minimum Gasteiger partial charge on any atom is -0.490 e. The van der Waals surface area contributed by atoms with Crippen LogP contribution in [0.3, 0.4) is 0 Å². The van der Waals surface area contributed by atoms with E-state index < -0.39 is 0 Å². The van der Waals surface area contributed by atoms with Crippen LogP contribution in [0.25, 0.3) is 0 Å². The monoisotopic (exact) mass is 312 g/mol. The van der Waals surface area contributed by atoms with Gasteiger partial charge in [-0.15, -0.1) is 11.3 Å². The molecule has 2 heterocycles. The van der Waals surface area contributed by atoms with Crippen molar-refractivity contribution in [3.63, 3.8) is 0 Å². The van der Waals surface area contributed by atoms with Crippen LogP contribution in [0.2, 0.25) is 0 Å². The number of rotatable bonds is 5. The molecule has 5 heteroatoms. The molecule has 0 aliphatic heterocycles. The second-order valence-electron chi connectivity index (χ2n) is 3.34. The highest BCUT2D eigenvalue weighted by Crippen LogP contribution is 2.25. The molecule has 90 valence electrons. The van der Waals surface area contributed by atoms with E-state index in [9.17, 15) is 0 Å². The Balaban J connectivity index is 2.03. The van der Waals surface area contributed by atoms with Gasteiger partial charge in [-0.1, -0.05) is 0 Å². The second-order valence-corrected chi connectivity index (χ2v) is 5.89. The molecule has 0 aromatic carbocycles. The number of hydrogen-bond acceptors (Lipinski definition) is 4. The van der Waals surface area contributed by atoms with Gasteiger partial charge < -0.3 is 10.1 Å². The van der Waals surface area contributed by atoms with Gasteiger partial charge in [-0.25, -0.2) is 4.98 Å². The van der Waals surface area contributed by atoms with Gasteiger partial charge in [0.25, 0.3) is 0 Å². The van der Waals surface area contributed by atoms with Gasteiger partial charge in [-0.05, 0) is 47.1 Å². The Kier molecular flexibility index (Phi) is 4.39. The Morgan fingerprint density at radius 1 is 1.41 bits per heavy atom. The maximum atomic E-state index is 5.50. The lowest BCUT2D eigenvalue weighted by molar-refractivity contribution is 0.340. The zero-order valence-corrected chi connectivity index (χ0v) is 11.8. The summed E-state index contributed by atoms with van der Waals surface area (Å²) in [7, 11) is 0. The van der Waals surface area contributed by atoms with Crippen molar-refractivity contribution >= 4 is 33.1 Å². The number of halogens is 1. The molecule has 0 unspecified atom stereocenters. The summed E-state index contributed by atoms with van der Waals surface area (Å²) in [6, 6.07) is 7.93. The van der Waals surface area contributed by atoms with Crippen molar-refractivity contribution in [1.29, 1.82) is 0 Å². The summed E-state index contributed by atoms with van der Waals surface area (Å²) >= 11 is 5.16. The highest BCUT2D eigenvalue weighted by atomic mass is 79.9. The van der Waals surface area contributed by atoms with Gasteiger partial charge in [0.2, 0.25) is 0 Å². The predicted molar refractivity (Wildman–Crippen MR) is 74.8 cm³/mol. The number of nitrogens with one attached hydrogen (secondary N) is 1. The van der Waals surface area contributed by atoms with E-state index in [0.717, 1.165) is 21.9 Å². The van der Waals surface area contributed by atoms with Crippen LogP contribution in [-0.2, 0) is 6.54 Å². The van der Waals surface area contributed by atoms with E-state index in [4.69, 9.17) is 4.74 Å². The van der Waals surface area contributed by atoms with Crippen LogP contribution in [0.4, 0.5) is 5.82 Å². The van der Waals surface area contributed by atoms with E-state index in [1.807, 2.05) is 25.1 Å². The summed E-state index contributed by atoms with van der Waals surface area (Å²) in [6.45, 7) is 3.37. The molecule has 0 saturated heterocycles. The minimum absolute atomic E-state index is 0.644. The number of thiophene rings is 1. The third kappa shape index (κ3) is 3.44. The largest absolute Gasteiger partial charge is 0.490 e. The number of pyridine rings is 1. The average molecular weight is 313 g/mol. The molecule has 0 bridgehead atoms. The Bertz CT molecular complexity index is 487. The number of ether oxygens (including phenoxy) is 1. The third-order valence-electron chi connectivity index (χ3n) is 2.13. The van der Waals surface area contributed by atoms with Gasteiger partial charge in [0.1, 0.15) is 0 Å². The van der Waals surface area contributed by atoms with Gasteiger partial charge in [-0.3, -0.25) is 0 Å². The van der Waals surface area contributed by atoms with Gasteiger partial charge in [0, 0.05) is 11.1 Å². The molecule has 0 aliphatic rings. The first kappa shape index (κ1) is 12.4. The lowest BCUT2D eigenvalue weighted by Gasteiger charge is -2.09. The van der Waals surface area contributed by atoms with Crippen molar-refractivity contribution < 1.29 is 4.74 Å². The minimum atomic E-state index is 0.644. The van der Waals surface area contributed by atoms with Gasteiger partial charge in [-0.2, -0.15) is 0 Å². The van der Waals surface area contributed by atoms with Crippen LogP contribution in [0.15, 0.2) is 34.2 Å². The SMILES string of the molecule is CCOc1cccnc1NCc1ccc(Br)s1. The summed E-state index contributed by atoms with van der Waals surface area (Å²) in [4.78, 5) is 5.53. The smallest absolute Gasteiger partial charge is 0.169 e. The van der Waals surface area contributed by atoms with Crippen molar-refractivity contribution in [2.75, 3.05) is 11.9 Å². The van der Waals surface area contributed by atoms with Crippen molar-refractivity contribution in [2.45, 2.75) is 13.5 Å². The molecule has 0 saturated carbocycles. The molecule has 2 rings (SSSR count). The van der Waals surface area contributed by atoms with Gasteiger partial charge in [0.15, 0.2) is 11.6 Å². The Morgan fingerprint density at radius 3 is 3.00 bits per heavy atom. The van der Waals surface area contributed by atoms with E-state index in [-0.39, 0.29) is 0 Å². The zero-order chi connectivity index (χ0) is 12.1. The second kappa shape index (κ2) is 6.02. The maximum Gasteiger partial charge on any atom is 0.169 e. The molecule has 2 aromatic rings. The van der Waals surface area contributed by atoms with Crippen LogP contribution in [0, 0.1) is 0 Å². The Labute approximate surface area is 113 Å². The van der Waals surface area contributed by atoms with Crippen molar-refractivity contribution in [2.24, 2.45) is 0 Å². The van der Waals surface area contributed by atoms with E-state index in [1.165, 1.54) is 4.88 Å². The quantitative estimate of drug-likeness (QED) is 0.908. The lowest BCUT2D eigenvalue weighted by Crippen LogP contribution is -2.03. The van der Waals surface area contributed by atoms with Crippen LogP contribution in [0.1, 0.15) is 11.8 Å². The first-order valence-corrected chi connectivity index (χ1v) is 6.96. The fourth-order valence-electron chi connectivity index (χ4n) is 1.41. The third-order valence-corrected chi connectivity index (χ3v) is 3.75. The molecule has 0 fully saturated rings. The molecule has 0 radical (unpaired) electrons. The first-order valence-electron chi connectivity index (χ1n) is 5.35. The molecule has 3 nitrogen and oxygen atoms in total. The predicted octanol–water partition coefficient (Wildman–Crippen LogP) is 3.92. The number of nitrogens with zero attached hydrogens (tertiary/aromatic N) is 1. The number of hydrogen-bond donors (Lipinski definition) is 1. The molecule has 0 amide bonds. The van der Waals surface area contributed by atoms with E-state index in [0.29, 0.717) is 6.61 Å². The molecular weight excluding hydrogens is 300 g/mol. The maximum absolute atomic E-state index is 5.50. The van der Waals surface area contributed by atoms with Crippen LogP contribution >= 0.6 is 27.3 Å². The molecular formula is C12H13BrN2OS. The standard InChI is InChI=1S/C12H13BrN2OS/c1-2-16-10-4-3-7-14-12(10)15-8-9-5-6-11(13)17-9/h3-7H,2,8H2,1H3,(H,14,15). The topological polar surface area (TPSA) is 34.1 Å².